The van der Waals surface area contributed by atoms with Crippen molar-refractivity contribution in [2.75, 3.05) is 25.5 Å². The van der Waals surface area contributed by atoms with Crippen LogP contribution in [0.15, 0.2) is 54.6 Å². The molecule has 0 spiro atoms. The minimum Gasteiger partial charge on any atom is -0.465 e. The van der Waals surface area contributed by atoms with Crippen molar-refractivity contribution < 1.29 is 19.1 Å². The first-order chi connectivity index (χ1) is 16.0. The second-order valence-corrected chi connectivity index (χ2v) is 9.02. The predicted molar refractivity (Wildman–Crippen MR) is 130 cm³/mol. The lowest BCUT2D eigenvalue weighted by Gasteiger charge is -2.27. The predicted octanol–water partition coefficient (Wildman–Crippen LogP) is 5.39. The first kappa shape index (κ1) is 22.7. The molecule has 33 heavy (non-hydrogen) atoms. The Hall–Kier alpha value is -3.45. The minimum absolute atomic E-state index is 0.0398. The highest BCUT2D eigenvalue weighted by Gasteiger charge is 2.28. The van der Waals surface area contributed by atoms with E-state index in [1.165, 1.54) is 18.4 Å². The molecule has 0 saturated carbocycles. The summed E-state index contributed by atoms with van der Waals surface area (Å²) >= 11 is 1.41. The maximum Gasteiger partial charge on any atom is 0.337 e. The number of anilines is 1. The molecule has 7 heteroatoms. The molecule has 0 unspecified atom stereocenters. The molecule has 1 fully saturated rings. The summed E-state index contributed by atoms with van der Waals surface area (Å²) in [5.74, 6) is -0.834. The number of ether oxygens (including phenoxy) is 1. The van der Waals surface area contributed by atoms with Gasteiger partial charge in [-0.05, 0) is 61.6 Å². The quantitative estimate of drug-likeness (QED) is 0.516. The van der Waals surface area contributed by atoms with E-state index in [0.717, 1.165) is 48.4 Å². The van der Waals surface area contributed by atoms with Gasteiger partial charge in [0, 0.05) is 23.5 Å². The number of methoxy groups -OCH3 is 1. The molecule has 170 valence electrons. The number of carbonyl (C=O) groups is 3. The first-order valence-electron chi connectivity index (χ1n) is 11.0. The van der Waals surface area contributed by atoms with Gasteiger partial charge in [0.1, 0.15) is 5.00 Å². The van der Waals surface area contributed by atoms with Crippen molar-refractivity contribution in [2.45, 2.75) is 26.2 Å². The summed E-state index contributed by atoms with van der Waals surface area (Å²) in [6, 6.07) is 16.1. The van der Waals surface area contributed by atoms with Crippen molar-refractivity contribution in [1.29, 1.82) is 0 Å². The van der Waals surface area contributed by atoms with Gasteiger partial charge in [0.15, 0.2) is 0 Å². The van der Waals surface area contributed by atoms with Crippen LogP contribution in [0.4, 0.5) is 5.00 Å². The van der Waals surface area contributed by atoms with Gasteiger partial charge in [0.05, 0.1) is 18.2 Å². The third-order valence-corrected chi connectivity index (χ3v) is 7.09. The Bertz CT molecular complexity index is 1160. The molecule has 3 aromatic rings. The molecule has 2 amide bonds. The number of esters is 1. The van der Waals surface area contributed by atoms with Crippen LogP contribution in [0.2, 0.25) is 0 Å². The number of hydrogen-bond acceptors (Lipinski definition) is 5. The average Bonchev–Trinajstić information content (AvgIpc) is 3.19. The van der Waals surface area contributed by atoms with Crippen LogP contribution in [-0.2, 0) is 4.74 Å². The number of amides is 2. The number of piperidine rings is 1. The molecule has 1 N–H and O–H groups in total. The normalized spacial score (nSPS) is 13.5. The highest BCUT2D eigenvalue weighted by molar-refractivity contribution is 7.20. The van der Waals surface area contributed by atoms with Crippen LogP contribution in [-0.4, -0.2) is 42.9 Å². The summed E-state index contributed by atoms with van der Waals surface area (Å²) in [6.45, 7) is 3.41. The van der Waals surface area contributed by atoms with E-state index in [1.54, 1.807) is 24.3 Å². The number of nitrogens with one attached hydrogen (secondary N) is 1. The molecule has 0 bridgehead atoms. The van der Waals surface area contributed by atoms with Gasteiger partial charge in [-0.25, -0.2) is 4.79 Å². The van der Waals surface area contributed by atoms with Crippen molar-refractivity contribution in [2.24, 2.45) is 0 Å². The van der Waals surface area contributed by atoms with Crippen molar-refractivity contribution in [1.82, 2.24) is 4.90 Å². The second kappa shape index (κ2) is 10.0. The van der Waals surface area contributed by atoms with Crippen LogP contribution in [0.25, 0.3) is 10.4 Å². The molecule has 1 saturated heterocycles. The largest absolute Gasteiger partial charge is 0.465 e. The third-order valence-electron chi connectivity index (χ3n) is 5.84. The minimum atomic E-state index is -0.460. The number of nitrogens with zero attached hydrogens (tertiary/aromatic N) is 1. The third kappa shape index (κ3) is 4.83. The Labute approximate surface area is 197 Å². The fraction of sp³-hybridized carbons (Fsp3) is 0.269. The van der Waals surface area contributed by atoms with Crippen molar-refractivity contribution >= 4 is 34.1 Å². The number of thiophene rings is 1. The maximum atomic E-state index is 13.5. The fourth-order valence-electron chi connectivity index (χ4n) is 4.03. The van der Waals surface area contributed by atoms with Crippen molar-refractivity contribution in [3.63, 3.8) is 0 Å². The lowest BCUT2D eigenvalue weighted by atomic mass is 10.0. The molecular formula is C26H26N2O4S. The smallest absolute Gasteiger partial charge is 0.337 e. The second-order valence-electron chi connectivity index (χ2n) is 8.00. The molecule has 2 aromatic carbocycles. The van der Waals surface area contributed by atoms with Crippen LogP contribution in [0.3, 0.4) is 0 Å². The van der Waals surface area contributed by atoms with Crippen LogP contribution < -0.4 is 5.32 Å². The van der Waals surface area contributed by atoms with E-state index >= 15 is 0 Å². The molecular weight excluding hydrogens is 436 g/mol. The lowest BCUT2D eigenvalue weighted by molar-refractivity contribution is 0.0600. The summed E-state index contributed by atoms with van der Waals surface area (Å²) in [7, 11) is 1.31. The standard InChI is InChI=1S/C26H26N2O4S/c1-17-21(25(30)28-15-7-4-8-16-28)24(33-22(17)18-9-5-3-6-10-18)27-23(29)19-11-13-20(14-12-19)26(31)32-2/h3,5-6,9-14H,4,7-8,15-16H2,1-2H3,(H,27,29). The summed E-state index contributed by atoms with van der Waals surface area (Å²) in [4.78, 5) is 41.0. The Kier molecular flexibility index (Phi) is 6.89. The average molecular weight is 463 g/mol. The van der Waals surface area contributed by atoms with Crippen LogP contribution in [0.1, 0.15) is 55.9 Å². The highest BCUT2D eigenvalue weighted by atomic mass is 32.1. The molecule has 0 aliphatic carbocycles. The molecule has 2 heterocycles. The van der Waals surface area contributed by atoms with Gasteiger partial charge in [-0.3, -0.25) is 9.59 Å². The fourth-order valence-corrected chi connectivity index (χ4v) is 5.23. The Morgan fingerprint density at radius 1 is 0.909 bits per heavy atom. The van der Waals surface area contributed by atoms with Crippen LogP contribution in [0.5, 0.6) is 0 Å². The van der Waals surface area contributed by atoms with Gasteiger partial charge in [-0.1, -0.05) is 30.3 Å². The zero-order chi connectivity index (χ0) is 23.4. The Morgan fingerprint density at radius 2 is 1.55 bits per heavy atom. The summed E-state index contributed by atoms with van der Waals surface area (Å²) in [5, 5.41) is 3.50. The lowest BCUT2D eigenvalue weighted by Crippen LogP contribution is -2.36. The number of rotatable bonds is 5. The topological polar surface area (TPSA) is 75.7 Å². The monoisotopic (exact) mass is 462 g/mol. The molecule has 4 rings (SSSR count). The van der Waals surface area contributed by atoms with Crippen molar-refractivity contribution in [3.05, 3.63) is 76.9 Å². The summed E-state index contributed by atoms with van der Waals surface area (Å²) < 4.78 is 4.71. The van der Waals surface area contributed by atoms with Gasteiger partial charge in [-0.15, -0.1) is 11.3 Å². The van der Waals surface area contributed by atoms with Crippen molar-refractivity contribution in [3.8, 4) is 10.4 Å². The highest BCUT2D eigenvalue weighted by Crippen LogP contribution is 2.41. The molecule has 0 atom stereocenters. The van der Waals surface area contributed by atoms with Crippen LogP contribution >= 0.6 is 11.3 Å². The van der Waals surface area contributed by atoms with E-state index < -0.39 is 5.97 Å². The number of carbonyl (C=O) groups excluding carboxylic acids is 3. The van der Waals surface area contributed by atoms with Gasteiger partial charge in [0.2, 0.25) is 0 Å². The summed E-state index contributed by atoms with van der Waals surface area (Å²) in [6.07, 6.45) is 3.12. The van der Waals surface area contributed by atoms with Crippen LogP contribution in [0, 0.1) is 6.92 Å². The Balaban J connectivity index is 1.68. The zero-order valence-electron chi connectivity index (χ0n) is 18.7. The van der Waals surface area contributed by atoms with E-state index in [-0.39, 0.29) is 11.8 Å². The molecule has 1 aliphatic heterocycles. The Morgan fingerprint density at radius 3 is 2.18 bits per heavy atom. The van der Waals surface area contributed by atoms with E-state index in [9.17, 15) is 14.4 Å². The van der Waals surface area contributed by atoms with E-state index in [1.807, 2.05) is 42.2 Å². The van der Waals surface area contributed by atoms with Gasteiger partial charge in [-0.2, -0.15) is 0 Å². The molecule has 1 aromatic heterocycles. The zero-order valence-corrected chi connectivity index (χ0v) is 19.5. The summed E-state index contributed by atoms with van der Waals surface area (Å²) in [5.41, 5.74) is 3.20. The van der Waals surface area contributed by atoms with Gasteiger partial charge < -0.3 is 15.0 Å². The molecule has 1 aliphatic rings. The molecule has 0 radical (unpaired) electrons. The van der Waals surface area contributed by atoms with E-state index in [0.29, 0.717) is 21.7 Å². The number of likely N-dealkylation sites (tertiary alicyclic amines) is 1. The van der Waals surface area contributed by atoms with E-state index in [2.05, 4.69) is 5.32 Å². The first-order valence-corrected chi connectivity index (χ1v) is 11.8. The van der Waals surface area contributed by atoms with Gasteiger partial charge in [0.25, 0.3) is 11.8 Å². The SMILES string of the molecule is COC(=O)c1ccc(C(=O)Nc2sc(-c3ccccc3)c(C)c2C(=O)N2CCCCC2)cc1. The molecule has 6 nitrogen and oxygen atoms in total. The van der Waals surface area contributed by atoms with Gasteiger partial charge >= 0.3 is 5.97 Å². The maximum absolute atomic E-state index is 13.5. The van der Waals surface area contributed by atoms with E-state index in [4.69, 9.17) is 4.74 Å². The number of hydrogen-bond donors (Lipinski definition) is 1. The number of benzene rings is 2.